The Kier molecular flexibility index (Phi) is 4.97. The van der Waals surface area contributed by atoms with Gasteiger partial charge in [0.25, 0.3) is 0 Å². The van der Waals surface area contributed by atoms with Crippen molar-refractivity contribution >= 4 is 16.7 Å². The first-order valence-electron chi connectivity index (χ1n) is 13.9. The fraction of sp³-hybridized carbons (Fsp3) is 0.464. The number of hydrogen-bond donors (Lipinski definition) is 2. The average Bonchev–Trinajstić information content (AvgIpc) is 3.49. The molecule has 1 aliphatic carbocycles. The minimum absolute atomic E-state index is 0.0695. The second kappa shape index (κ2) is 8.77. The highest BCUT2D eigenvalue weighted by Crippen LogP contribution is 2.52. The van der Waals surface area contributed by atoms with Gasteiger partial charge in [0.2, 0.25) is 0 Å². The Morgan fingerprint density at radius 2 is 1.89 bits per heavy atom. The number of fused-ring (bicyclic) bond motifs is 2. The number of carbonyl (C=O) groups excluding carboxylic acids is 1. The lowest BCUT2D eigenvalue weighted by atomic mass is 9.86. The molecule has 0 spiro atoms. The van der Waals surface area contributed by atoms with Crippen LogP contribution in [0.15, 0.2) is 36.4 Å². The van der Waals surface area contributed by atoms with Crippen molar-refractivity contribution in [2.24, 2.45) is 0 Å². The van der Waals surface area contributed by atoms with E-state index in [2.05, 4.69) is 9.47 Å². The minimum Gasteiger partial charge on any atom is -0.395 e. The van der Waals surface area contributed by atoms with Crippen LogP contribution in [0.4, 0.5) is 13.2 Å². The molecular weight excluding hydrogens is 487 g/mol. The van der Waals surface area contributed by atoms with E-state index < -0.39 is 48.5 Å². The number of ether oxygens (including phenoxy) is 2. The van der Waals surface area contributed by atoms with Crippen LogP contribution in [-0.2, 0) is 28.6 Å². The summed E-state index contributed by atoms with van der Waals surface area (Å²) in [5.74, 6) is -1.37. The number of halogens is 3. The minimum atomic E-state index is -3.79. The van der Waals surface area contributed by atoms with Gasteiger partial charge in [-0.05, 0) is 60.7 Å². The molecule has 1 atom stereocenters. The van der Waals surface area contributed by atoms with E-state index in [4.69, 9.17) is 5.48 Å². The van der Waals surface area contributed by atoms with Crippen molar-refractivity contribution in [3.8, 4) is 11.5 Å². The predicted octanol–water partition coefficient (Wildman–Crippen LogP) is 4.99. The van der Waals surface area contributed by atoms with Crippen LogP contribution in [-0.4, -0.2) is 39.5 Å². The Hall–Kier alpha value is -3.04. The van der Waals surface area contributed by atoms with E-state index in [0.29, 0.717) is 29.5 Å². The van der Waals surface area contributed by atoms with Gasteiger partial charge in [-0.15, -0.1) is 8.78 Å². The Morgan fingerprint density at radius 3 is 2.54 bits per heavy atom. The smallest absolute Gasteiger partial charge is 0.395 e. The number of hydrogen-bond acceptors (Lipinski definition) is 5. The zero-order valence-electron chi connectivity index (χ0n) is 24.6. The van der Waals surface area contributed by atoms with E-state index in [1.165, 1.54) is 35.8 Å². The average molecular weight is 522 g/mol. The SMILES string of the molecule is [2H]C([2H])(O)[C@H](O)Cn1c(C(C)(C)C([2H])([2H])C)cc2cc(CC(=O)C3(c4ccc5c(c4)OC(F)(F)O5)CC3)c(F)cc21. The zero-order chi connectivity index (χ0) is 30.3. The van der Waals surface area contributed by atoms with Crippen molar-refractivity contribution in [3.63, 3.8) is 0 Å². The van der Waals surface area contributed by atoms with Crippen molar-refractivity contribution in [1.82, 2.24) is 4.57 Å². The standard InChI is InChI=1S/C28H30F3NO5/c1-4-26(2,3)24-10-17-9-16(20(29)13-21(17)32(24)14-19(34)15-33)11-25(35)27(7-8-27)18-5-6-22-23(12-18)37-28(30,31)36-22/h5-6,9-10,12-13,19,33-34H,4,7-8,11,14-15H2,1-3H3/t19-/m1/s1/i4D2,15D2. The topological polar surface area (TPSA) is 80.9 Å². The molecule has 5 rings (SSSR count). The van der Waals surface area contributed by atoms with E-state index in [1.807, 2.05) is 0 Å². The molecule has 1 aromatic heterocycles. The largest absolute Gasteiger partial charge is 0.586 e. The summed E-state index contributed by atoms with van der Waals surface area (Å²) >= 11 is 0. The van der Waals surface area contributed by atoms with Gasteiger partial charge in [-0.2, -0.15) is 0 Å². The van der Waals surface area contributed by atoms with Crippen molar-refractivity contribution in [3.05, 3.63) is 59.0 Å². The lowest BCUT2D eigenvalue weighted by Crippen LogP contribution is -2.26. The molecule has 0 amide bonds. The molecule has 2 heterocycles. The molecule has 9 heteroatoms. The molecule has 0 radical (unpaired) electrons. The number of benzene rings is 2. The third-order valence-electron chi connectivity index (χ3n) is 7.43. The summed E-state index contributed by atoms with van der Waals surface area (Å²) in [5.41, 5.74) is -1.06. The number of aliphatic hydroxyl groups excluding tert-OH is 1. The third kappa shape index (κ3) is 4.48. The molecule has 0 unspecified atom stereocenters. The molecular formula is C28H30F3NO5. The maximum atomic E-state index is 15.5. The first-order chi connectivity index (χ1) is 18.7. The van der Waals surface area contributed by atoms with Crippen molar-refractivity contribution in [1.29, 1.82) is 0 Å². The van der Waals surface area contributed by atoms with E-state index in [0.717, 1.165) is 6.07 Å². The molecule has 6 nitrogen and oxygen atoms in total. The van der Waals surface area contributed by atoms with Crippen LogP contribution in [0.5, 0.6) is 11.5 Å². The fourth-order valence-corrected chi connectivity index (χ4v) is 4.97. The van der Waals surface area contributed by atoms with Gasteiger partial charge in [-0.1, -0.05) is 26.8 Å². The van der Waals surface area contributed by atoms with Crippen LogP contribution in [0.2, 0.25) is 0 Å². The van der Waals surface area contributed by atoms with Crippen LogP contribution < -0.4 is 9.47 Å². The van der Waals surface area contributed by atoms with Gasteiger partial charge in [-0.3, -0.25) is 4.79 Å². The lowest BCUT2D eigenvalue weighted by Gasteiger charge is -2.26. The molecule has 1 aliphatic heterocycles. The first-order valence-corrected chi connectivity index (χ1v) is 11.9. The maximum Gasteiger partial charge on any atom is 0.586 e. The number of Topliss-reactive ketones (excluding diaryl/α,β-unsaturated/α-hetero) is 1. The molecule has 3 aromatic rings. The van der Waals surface area contributed by atoms with Gasteiger partial charge in [0.05, 0.1) is 32.9 Å². The second-order valence-corrected chi connectivity index (χ2v) is 10.2. The molecule has 37 heavy (non-hydrogen) atoms. The highest BCUT2D eigenvalue weighted by Gasteiger charge is 2.52. The van der Waals surface area contributed by atoms with Gasteiger partial charge >= 0.3 is 6.29 Å². The molecule has 0 bridgehead atoms. The highest BCUT2D eigenvalue weighted by molar-refractivity contribution is 5.95. The zero-order valence-corrected chi connectivity index (χ0v) is 20.6. The molecule has 0 saturated heterocycles. The quantitative estimate of drug-likeness (QED) is 0.415. The molecule has 2 aliphatic rings. The van der Waals surface area contributed by atoms with Gasteiger partial charge in [0.15, 0.2) is 11.5 Å². The molecule has 1 saturated carbocycles. The summed E-state index contributed by atoms with van der Waals surface area (Å²) in [6, 6.07) is 8.39. The summed E-state index contributed by atoms with van der Waals surface area (Å²) in [7, 11) is 0. The Bertz CT molecular complexity index is 1540. The van der Waals surface area contributed by atoms with Gasteiger partial charge in [0, 0.05) is 25.7 Å². The van der Waals surface area contributed by atoms with E-state index in [1.54, 1.807) is 19.9 Å². The first kappa shape index (κ1) is 21.0. The van der Waals surface area contributed by atoms with Crippen LogP contribution in [0.1, 0.15) is 62.3 Å². The lowest BCUT2D eigenvalue weighted by molar-refractivity contribution is -0.286. The van der Waals surface area contributed by atoms with Gasteiger partial charge < -0.3 is 24.3 Å². The number of carbonyl (C=O) groups is 1. The van der Waals surface area contributed by atoms with Crippen LogP contribution >= 0.6 is 0 Å². The predicted molar refractivity (Wildman–Crippen MR) is 131 cm³/mol. The number of ketones is 1. The Morgan fingerprint density at radius 1 is 1.19 bits per heavy atom. The van der Waals surface area contributed by atoms with Crippen molar-refractivity contribution in [2.75, 3.05) is 6.56 Å². The van der Waals surface area contributed by atoms with E-state index in [-0.39, 0.29) is 34.8 Å². The Labute approximate surface area is 218 Å². The van der Waals surface area contributed by atoms with Crippen LogP contribution in [0.25, 0.3) is 10.9 Å². The van der Waals surface area contributed by atoms with Crippen LogP contribution in [0.3, 0.4) is 0 Å². The normalized spacial score (nSPS) is 20.6. The highest BCUT2D eigenvalue weighted by atomic mass is 19.3. The summed E-state index contributed by atoms with van der Waals surface area (Å²) in [5, 5.41) is 20.4. The second-order valence-electron chi connectivity index (χ2n) is 10.2. The monoisotopic (exact) mass is 521 g/mol. The molecule has 2 N–H and O–H groups in total. The van der Waals surface area contributed by atoms with E-state index in [9.17, 15) is 23.8 Å². The number of aliphatic hydroxyl groups is 2. The summed E-state index contributed by atoms with van der Waals surface area (Å²) in [6.45, 7) is 1.17. The summed E-state index contributed by atoms with van der Waals surface area (Å²) in [4.78, 5) is 13.5. The molecule has 198 valence electrons. The van der Waals surface area contributed by atoms with Crippen LogP contribution in [0, 0.1) is 5.82 Å². The number of aromatic nitrogens is 1. The Balaban J connectivity index is 1.50. The summed E-state index contributed by atoms with van der Waals surface area (Å²) < 4.78 is 84.4. The number of nitrogens with zero attached hydrogens (tertiary/aromatic N) is 1. The van der Waals surface area contributed by atoms with Crippen molar-refractivity contribution in [2.45, 2.75) is 76.2 Å². The fourth-order valence-electron chi connectivity index (χ4n) is 4.97. The third-order valence-corrected chi connectivity index (χ3v) is 7.43. The molecule has 2 aromatic carbocycles. The number of alkyl halides is 2. The van der Waals surface area contributed by atoms with Gasteiger partial charge in [0.1, 0.15) is 11.6 Å². The number of rotatable bonds is 9. The van der Waals surface area contributed by atoms with Crippen molar-refractivity contribution < 1.29 is 43.1 Å². The van der Waals surface area contributed by atoms with Gasteiger partial charge in [-0.25, -0.2) is 4.39 Å². The summed E-state index contributed by atoms with van der Waals surface area (Å²) in [6.07, 6.45) is -6.87. The maximum absolute atomic E-state index is 15.5. The molecule has 1 fully saturated rings. The van der Waals surface area contributed by atoms with E-state index >= 15 is 4.39 Å².